The molecule has 5 rings (SSSR count). The maximum absolute atomic E-state index is 12.8. The molecule has 0 spiro atoms. The second kappa shape index (κ2) is 8.16. The van der Waals surface area contributed by atoms with Gasteiger partial charge in [0, 0.05) is 34.8 Å². The highest BCUT2D eigenvalue weighted by Crippen LogP contribution is 2.38. The minimum Gasteiger partial charge on any atom is -0.444 e. The summed E-state index contributed by atoms with van der Waals surface area (Å²) in [6.45, 7) is 9.78. The van der Waals surface area contributed by atoms with Gasteiger partial charge in [0.05, 0.1) is 5.39 Å². The third-order valence-electron chi connectivity index (χ3n) is 6.14. The monoisotopic (exact) mass is 469 g/mol. The van der Waals surface area contributed by atoms with E-state index in [4.69, 9.17) is 14.7 Å². The molecule has 2 saturated heterocycles. The van der Waals surface area contributed by atoms with E-state index in [0.717, 1.165) is 53.2 Å². The molecule has 0 aromatic carbocycles. The lowest BCUT2D eigenvalue weighted by atomic mass is 9.98. The molecule has 2 aliphatic heterocycles. The van der Waals surface area contributed by atoms with E-state index in [0.29, 0.717) is 5.95 Å². The fourth-order valence-electron chi connectivity index (χ4n) is 4.90. The van der Waals surface area contributed by atoms with Crippen LogP contribution in [0.25, 0.3) is 10.2 Å². The first-order valence-corrected chi connectivity index (χ1v) is 12.3. The molecule has 9 nitrogen and oxygen atoms in total. The molecule has 0 saturated carbocycles. The van der Waals surface area contributed by atoms with Gasteiger partial charge in [-0.1, -0.05) is 0 Å². The molecule has 3 aromatic rings. The van der Waals surface area contributed by atoms with Gasteiger partial charge in [-0.25, -0.2) is 9.78 Å². The highest BCUT2D eigenvalue weighted by molar-refractivity contribution is 7.18. The van der Waals surface area contributed by atoms with Crippen LogP contribution in [0.5, 0.6) is 0 Å². The lowest BCUT2D eigenvalue weighted by Gasteiger charge is -2.39. The molecule has 33 heavy (non-hydrogen) atoms. The van der Waals surface area contributed by atoms with E-state index >= 15 is 0 Å². The highest BCUT2D eigenvalue weighted by Gasteiger charge is 2.45. The van der Waals surface area contributed by atoms with Crippen molar-refractivity contribution in [3.63, 3.8) is 0 Å². The molecular formula is C23H31N7O2S. The van der Waals surface area contributed by atoms with E-state index in [2.05, 4.69) is 33.8 Å². The van der Waals surface area contributed by atoms with Crippen molar-refractivity contribution in [3.05, 3.63) is 22.7 Å². The van der Waals surface area contributed by atoms with Crippen molar-refractivity contribution >= 4 is 45.2 Å². The smallest absolute Gasteiger partial charge is 0.410 e. The summed E-state index contributed by atoms with van der Waals surface area (Å²) < 4.78 is 5.66. The van der Waals surface area contributed by atoms with E-state index in [1.807, 2.05) is 38.7 Å². The number of ether oxygens (including phenoxy) is 1. The molecule has 2 bridgehead atoms. The van der Waals surface area contributed by atoms with Gasteiger partial charge < -0.3 is 20.3 Å². The number of anilines is 3. The molecule has 2 atom stereocenters. The lowest BCUT2D eigenvalue weighted by Crippen LogP contribution is -2.51. The van der Waals surface area contributed by atoms with Crippen LogP contribution in [-0.4, -0.2) is 54.9 Å². The summed E-state index contributed by atoms with van der Waals surface area (Å²) >= 11 is 1.65. The SMILES string of the molecule is Cc1cc(Nc2nc(NC3CC4CCC(C3)N4C(=O)OC(C)(C)C)nc3sc(C)cc23)n[nH]1. The molecule has 3 N–H and O–H groups in total. The van der Waals surface area contributed by atoms with E-state index in [9.17, 15) is 4.79 Å². The van der Waals surface area contributed by atoms with Gasteiger partial charge in [0.25, 0.3) is 0 Å². The average molecular weight is 470 g/mol. The predicted molar refractivity (Wildman–Crippen MR) is 130 cm³/mol. The largest absolute Gasteiger partial charge is 0.444 e. The fourth-order valence-corrected chi connectivity index (χ4v) is 5.77. The lowest BCUT2D eigenvalue weighted by molar-refractivity contribution is 0.00682. The fraction of sp³-hybridized carbons (Fsp3) is 0.565. The Labute approximate surface area is 197 Å². The number of aryl methyl sites for hydroxylation is 2. The number of piperidine rings is 1. The zero-order valence-electron chi connectivity index (χ0n) is 19.7. The van der Waals surface area contributed by atoms with Crippen molar-refractivity contribution in [2.75, 3.05) is 10.6 Å². The quantitative estimate of drug-likeness (QED) is 0.487. The molecule has 2 fully saturated rings. The van der Waals surface area contributed by atoms with Gasteiger partial charge in [0.2, 0.25) is 5.95 Å². The van der Waals surface area contributed by atoms with Crippen molar-refractivity contribution in [1.82, 2.24) is 25.1 Å². The zero-order chi connectivity index (χ0) is 23.3. The topological polar surface area (TPSA) is 108 Å². The minimum atomic E-state index is -0.482. The number of hydrogen-bond donors (Lipinski definition) is 3. The summed E-state index contributed by atoms with van der Waals surface area (Å²) in [5, 5.41) is 15.1. The molecular weight excluding hydrogens is 438 g/mol. The summed E-state index contributed by atoms with van der Waals surface area (Å²) in [5.74, 6) is 2.08. The summed E-state index contributed by atoms with van der Waals surface area (Å²) in [5.41, 5.74) is 0.499. The Hall–Kier alpha value is -2.88. The van der Waals surface area contributed by atoms with Crippen LogP contribution in [0.2, 0.25) is 0 Å². The molecule has 0 aliphatic carbocycles. The number of H-pyrrole nitrogens is 1. The molecule has 1 amide bonds. The van der Waals surface area contributed by atoms with Crippen LogP contribution in [0.15, 0.2) is 12.1 Å². The summed E-state index contributed by atoms with van der Waals surface area (Å²) in [6.07, 6.45) is 3.56. The van der Waals surface area contributed by atoms with Crippen LogP contribution in [0.1, 0.15) is 57.0 Å². The van der Waals surface area contributed by atoms with E-state index in [-0.39, 0.29) is 24.2 Å². The van der Waals surface area contributed by atoms with Crippen LogP contribution in [0, 0.1) is 13.8 Å². The number of aromatic amines is 1. The van der Waals surface area contributed by atoms with Gasteiger partial charge >= 0.3 is 6.09 Å². The van der Waals surface area contributed by atoms with Crippen molar-refractivity contribution in [2.45, 2.75) is 84.0 Å². The average Bonchev–Trinajstić information content (AvgIpc) is 3.36. The summed E-state index contributed by atoms with van der Waals surface area (Å²) in [6, 6.07) is 4.64. The van der Waals surface area contributed by atoms with Gasteiger partial charge in [-0.15, -0.1) is 11.3 Å². The Morgan fingerprint density at radius 1 is 1.18 bits per heavy atom. The van der Waals surface area contributed by atoms with Gasteiger partial charge in [0.1, 0.15) is 16.2 Å². The van der Waals surface area contributed by atoms with Crippen LogP contribution in [0.3, 0.4) is 0 Å². The summed E-state index contributed by atoms with van der Waals surface area (Å²) in [4.78, 5) is 26.4. The van der Waals surface area contributed by atoms with Crippen LogP contribution in [0.4, 0.5) is 22.4 Å². The van der Waals surface area contributed by atoms with E-state index < -0.39 is 5.60 Å². The predicted octanol–water partition coefficient (Wildman–Crippen LogP) is 5.12. The molecule has 5 heterocycles. The molecule has 3 aromatic heterocycles. The zero-order valence-corrected chi connectivity index (χ0v) is 20.5. The molecule has 2 unspecified atom stereocenters. The van der Waals surface area contributed by atoms with Crippen LogP contribution in [-0.2, 0) is 4.74 Å². The first-order chi connectivity index (χ1) is 15.6. The standard InChI is InChI=1S/C23H31N7O2S/c1-12-8-18(29-28-12)25-19-17-9-13(2)33-20(17)27-21(26-19)24-14-10-15-6-7-16(11-14)30(15)22(31)32-23(3,4)5/h8-9,14-16H,6-7,10-11H2,1-5H3,(H3,24,25,26,27,28,29). The van der Waals surface area contributed by atoms with Gasteiger partial charge in [0.15, 0.2) is 5.82 Å². The second-order valence-electron chi connectivity index (χ2n) is 10.1. The third-order valence-corrected chi connectivity index (χ3v) is 7.08. The first-order valence-electron chi connectivity index (χ1n) is 11.5. The normalized spacial score (nSPS) is 22.6. The van der Waals surface area contributed by atoms with Gasteiger partial charge in [-0.2, -0.15) is 10.1 Å². The van der Waals surface area contributed by atoms with Gasteiger partial charge in [-0.05, 0) is 66.4 Å². The number of amides is 1. The first kappa shape index (κ1) is 21.9. The number of fused-ring (bicyclic) bond motifs is 3. The Bertz CT molecular complexity index is 1170. The van der Waals surface area contributed by atoms with E-state index in [1.54, 1.807) is 11.3 Å². The number of aromatic nitrogens is 4. The highest BCUT2D eigenvalue weighted by atomic mass is 32.1. The Kier molecular flexibility index (Phi) is 5.43. The number of nitrogens with one attached hydrogen (secondary N) is 3. The van der Waals surface area contributed by atoms with Crippen molar-refractivity contribution < 1.29 is 9.53 Å². The van der Waals surface area contributed by atoms with Crippen molar-refractivity contribution in [1.29, 1.82) is 0 Å². The van der Waals surface area contributed by atoms with Crippen LogP contribution < -0.4 is 10.6 Å². The third kappa shape index (κ3) is 4.62. The van der Waals surface area contributed by atoms with Crippen molar-refractivity contribution in [2.24, 2.45) is 0 Å². The van der Waals surface area contributed by atoms with Gasteiger partial charge in [-0.3, -0.25) is 5.10 Å². The molecule has 176 valence electrons. The number of carbonyl (C=O) groups excluding carboxylic acids is 1. The molecule has 10 heteroatoms. The van der Waals surface area contributed by atoms with E-state index in [1.165, 1.54) is 4.88 Å². The Morgan fingerprint density at radius 2 is 1.91 bits per heavy atom. The molecule has 0 radical (unpaired) electrons. The number of hydrogen-bond acceptors (Lipinski definition) is 8. The minimum absolute atomic E-state index is 0.188. The van der Waals surface area contributed by atoms with Crippen molar-refractivity contribution in [3.8, 4) is 0 Å². The summed E-state index contributed by atoms with van der Waals surface area (Å²) in [7, 11) is 0. The maximum atomic E-state index is 12.8. The number of nitrogens with zero attached hydrogens (tertiary/aromatic N) is 4. The number of rotatable bonds is 4. The molecule has 2 aliphatic rings. The number of carbonyl (C=O) groups is 1. The Morgan fingerprint density at radius 3 is 2.55 bits per heavy atom. The maximum Gasteiger partial charge on any atom is 0.410 e. The second-order valence-corrected chi connectivity index (χ2v) is 11.4. The Balaban J connectivity index is 1.34. The number of thiophene rings is 1. The van der Waals surface area contributed by atoms with Crippen LogP contribution >= 0.6 is 11.3 Å².